The molecule has 5 heteroatoms. The van der Waals surface area contributed by atoms with Crippen molar-refractivity contribution in [1.82, 2.24) is 0 Å². The van der Waals surface area contributed by atoms with E-state index >= 15 is 0 Å². The van der Waals surface area contributed by atoms with Crippen molar-refractivity contribution in [3.63, 3.8) is 0 Å². The van der Waals surface area contributed by atoms with Crippen molar-refractivity contribution in [2.75, 3.05) is 34.0 Å². The van der Waals surface area contributed by atoms with Crippen molar-refractivity contribution >= 4 is 0 Å². The van der Waals surface area contributed by atoms with E-state index in [1.165, 1.54) is 0 Å². The summed E-state index contributed by atoms with van der Waals surface area (Å²) in [6, 6.07) is 0. The Bertz CT molecular complexity index is 289. The van der Waals surface area contributed by atoms with Crippen LogP contribution in [0, 0.1) is 5.92 Å². The van der Waals surface area contributed by atoms with Gasteiger partial charge in [-0.3, -0.25) is 0 Å². The number of rotatable bonds is 5. The molecule has 0 aromatic rings. The molecule has 118 valence electrons. The minimum Gasteiger partial charge on any atom is -0.390 e. The van der Waals surface area contributed by atoms with E-state index in [0.29, 0.717) is 13.0 Å². The first-order chi connectivity index (χ1) is 9.51. The summed E-state index contributed by atoms with van der Waals surface area (Å²) in [6.45, 7) is 4.12. The molecule has 20 heavy (non-hydrogen) atoms. The van der Waals surface area contributed by atoms with E-state index in [1.807, 2.05) is 6.92 Å². The first-order valence-corrected chi connectivity index (χ1v) is 7.51. The lowest BCUT2D eigenvalue weighted by atomic mass is 9.72. The highest BCUT2D eigenvalue weighted by Gasteiger charge is 2.45. The van der Waals surface area contributed by atoms with Gasteiger partial charge in [-0.1, -0.05) is 0 Å². The zero-order chi connectivity index (χ0) is 14.6. The molecule has 0 aliphatic carbocycles. The molecule has 5 nitrogen and oxygen atoms in total. The van der Waals surface area contributed by atoms with Gasteiger partial charge in [0, 0.05) is 40.5 Å². The largest absolute Gasteiger partial charge is 0.390 e. The van der Waals surface area contributed by atoms with E-state index in [2.05, 4.69) is 0 Å². The summed E-state index contributed by atoms with van der Waals surface area (Å²) >= 11 is 0. The molecule has 2 atom stereocenters. The van der Waals surface area contributed by atoms with Crippen LogP contribution in [0.15, 0.2) is 0 Å². The highest BCUT2D eigenvalue weighted by Crippen LogP contribution is 2.42. The average Bonchev–Trinajstić information content (AvgIpc) is 2.45. The molecule has 2 rings (SSSR count). The smallest absolute Gasteiger partial charge is 0.159 e. The topological polar surface area (TPSA) is 57.2 Å². The van der Waals surface area contributed by atoms with Crippen molar-refractivity contribution in [3.05, 3.63) is 0 Å². The maximum Gasteiger partial charge on any atom is 0.159 e. The van der Waals surface area contributed by atoms with Gasteiger partial charge >= 0.3 is 0 Å². The highest BCUT2D eigenvalue weighted by molar-refractivity contribution is 4.95. The van der Waals surface area contributed by atoms with Crippen LogP contribution in [0.5, 0.6) is 0 Å². The van der Waals surface area contributed by atoms with E-state index in [4.69, 9.17) is 18.9 Å². The molecular formula is C15H28O5. The Morgan fingerprint density at radius 1 is 1.25 bits per heavy atom. The molecule has 2 heterocycles. The molecule has 2 fully saturated rings. The number of aliphatic hydroxyl groups is 1. The molecular weight excluding hydrogens is 260 g/mol. The SMILES string of the molecule is COC(CC(C)(O)C1CCOC2(CCOCC2)C1)OC. The zero-order valence-electron chi connectivity index (χ0n) is 12.9. The maximum atomic E-state index is 10.8. The molecule has 1 N–H and O–H groups in total. The van der Waals surface area contributed by atoms with Crippen molar-refractivity contribution in [3.8, 4) is 0 Å². The predicted octanol–water partition coefficient (Wildman–Crippen LogP) is 1.72. The molecule has 2 saturated heterocycles. The van der Waals surface area contributed by atoms with Crippen LogP contribution in [-0.2, 0) is 18.9 Å². The van der Waals surface area contributed by atoms with Gasteiger partial charge in [0.15, 0.2) is 6.29 Å². The fourth-order valence-corrected chi connectivity index (χ4v) is 3.42. The highest BCUT2D eigenvalue weighted by atomic mass is 16.7. The van der Waals surface area contributed by atoms with Gasteiger partial charge in [0.1, 0.15) is 0 Å². The summed E-state index contributed by atoms with van der Waals surface area (Å²) in [4.78, 5) is 0. The van der Waals surface area contributed by atoms with Crippen LogP contribution >= 0.6 is 0 Å². The fourth-order valence-electron chi connectivity index (χ4n) is 3.42. The normalized spacial score (nSPS) is 29.6. The summed E-state index contributed by atoms with van der Waals surface area (Å²) in [5, 5.41) is 10.8. The van der Waals surface area contributed by atoms with Crippen molar-refractivity contribution < 1.29 is 24.1 Å². The number of methoxy groups -OCH3 is 2. The Hall–Kier alpha value is -0.200. The quantitative estimate of drug-likeness (QED) is 0.781. The van der Waals surface area contributed by atoms with Gasteiger partial charge in [-0.05, 0) is 38.5 Å². The van der Waals surface area contributed by atoms with Crippen LogP contribution < -0.4 is 0 Å². The Morgan fingerprint density at radius 3 is 2.50 bits per heavy atom. The molecule has 1 spiro atoms. The van der Waals surface area contributed by atoms with Crippen LogP contribution in [0.25, 0.3) is 0 Å². The number of hydrogen-bond donors (Lipinski definition) is 1. The first kappa shape index (κ1) is 16.2. The molecule has 0 bridgehead atoms. The van der Waals surface area contributed by atoms with Crippen LogP contribution in [0.1, 0.15) is 39.0 Å². The van der Waals surface area contributed by atoms with Gasteiger partial charge < -0.3 is 24.1 Å². The summed E-state index contributed by atoms with van der Waals surface area (Å²) < 4.78 is 21.9. The number of hydrogen-bond acceptors (Lipinski definition) is 5. The van der Waals surface area contributed by atoms with E-state index in [0.717, 1.165) is 38.9 Å². The summed E-state index contributed by atoms with van der Waals surface area (Å²) in [6.07, 6.45) is 3.75. The summed E-state index contributed by atoms with van der Waals surface area (Å²) in [7, 11) is 3.21. The minimum atomic E-state index is -0.800. The van der Waals surface area contributed by atoms with E-state index in [-0.39, 0.29) is 17.8 Å². The third kappa shape index (κ3) is 3.71. The molecule has 0 radical (unpaired) electrons. The van der Waals surface area contributed by atoms with E-state index < -0.39 is 5.60 Å². The molecule has 0 amide bonds. The Labute approximate surface area is 121 Å². The molecule has 2 aliphatic rings. The second-order valence-corrected chi connectivity index (χ2v) is 6.30. The van der Waals surface area contributed by atoms with Crippen molar-refractivity contribution in [2.24, 2.45) is 5.92 Å². The van der Waals surface area contributed by atoms with Crippen molar-refractivity contribution in [2.45, 2.75) is 56.5 Å². The lowest BCUT2D eigenvalue weighted by molar-refractivity contribution is -0.193. The number of ether oxygens (including phenoxy) is 4. The Morgan fingerprint density at radius 2 is 1.90 bits per heavy atom. The summed E-state index contributed by atoms with van der Waals surface area (Å²) in [5.41, 5.74) is -0.896. The minimum absolute atomic E-state index is 0.0964. The van der Waals surface area contributed by atoms with Gasteiger partial charge in [0.25, 0.3) is 0 Å². The van der Waals surface area contributed by atoms with E-state index in [1.54, 1.807) is 14.2 Å². The zero-order valence-corrected chi connectivity index (χ0v) is 12.9. The lowest BCUT2D eigenvalue weighted by Gasteiger charge is -2.47. The molecule has 2 unspecified atom stereocenters. The third-order valence-electron chi connectivity index (χ3n) is 4.88. The van der Waals surface area contributed by atoms with Crippen LogP contribution in [0.2, 0.25) is 0 Å². The van der Waals surface area contributed by atoms with E-state index in [9.17, 15) is 5.11 Å². The second kappa shape index (κ2) is 6.71. The maximum absolute atomic E-state index is 10.8. The van der Waals surface area contributed by atoms with Crippen molar-refractivity contribution in [1.29, 1.82) is 0 Å². The second-order valence-electron chi connectivity index (χ2n) is 6.30. The summed E-state index contributed by atoms with van der Waals surface area (Å²) in [5.74, 6) is 0.210. The van der Waals surface area contributed by atoms with Crippen LogP contribution in [-0.4, -0.2) is 56.6 Å². The Kier molecular flexibility index (Phi) is 5.42. The van der Waals surface area contributed by atoms with Gasteiger partial charge in [0.2, 0.25) is 0 Å². The van der Waals surface area contributed by atoms with Gasteiger partial charge in [-0.15, -0.1) is 0 Å². The average molecular weight is 288 g/mol. The monoisotopic (exact) mass is 288 g/mol. The molecule has 2 aliphatic heterocycles. The molecule has 0 aromatic carbocycles. The first-order valence-electron chi connectivity index (χ1n) is 7.51. The fraction of sp³-hybridized carbons (Fsp3) is 1.00. The molecule has 0 aromatic heterocycles. The van der Waals surface area contributed by atoms with Gasteiger partial charge in [-0.25, -0.2) is 0 Å². The predicted molar refractivity (Wildman–Crippen MR) is 74.5 cm³/mol. The van der Waals surface area contributed by atoms with Crippen LogP contribution in [0.4, 0.5) is 0 Å². The van der Waals surface area contributed by atoms with Crippen LogP contribution in [0.3, 0.4) is 0 Å². The third-order valence-corrected chi connectivity index (χ3v) is 4.88. The standard InChI is InChI=1S/C15H28O5/c1-14(16,11-13(17-2)18-3)12-4-7-20-15(10-12)5-8-19-9-6-15/h12-13,16H,4-11H2,1-3H3. The molecule has 0 saturated carbocycles. The van der Waals surface area contributed by atoms with Gasteiger partial charge in [-0.2, -0.15) is 0 Å². The Balaban J connectivity index is 1.99. The lowest BCUT2D eigenvalue weighted by Crippen LogP contribution is -2.50. The van der Waals surface area contributed by atoms with Gasteiger partial charge in [0.05, 0.1) is 11.2 Å².